The summed E-state index contributed by atoms with van der Waals surface area (Å²) in [6, 6.07) is 6.19. The van der Waals surface area contributed by atoms with Crippen LogP contribution in [0.25, 0.3) is 11.4 Å². The lowest BCUT2D eigenvalue weighted by molar-refractivity contribution is -0.123. The molecule has 0 radical (unpaired) electrons. The van der Waals surface area contributed by atoms with Gasteiger partial charge >= 0.3 is 11.5 Å². The molecule has 0 spiro atoms. The molecule has 0 aliphatic carbocycles. The van der Waals surface area contributed by atoms with Gasteiger partial charge in [-0.2, -0.15) is 13.2 Å². The van der Waals surface area contributed by atoms with E-state index in [4.69, 9.17) is 0 Å². The summed E-state index contributed by atoms with van der Waals surface area (Å²) in [6.07, 6.45) is 3.09. The number of carbonyl (C=O) groups excluding carboxylic acids is 2. The highest BCUT2D eigenvalue weighted by atomic mass is 32.2. The third-order valence-corrected chi connectivity index (χ3v) is 5.73. The van der Waals surface area contributed by atoms with Gasteiger partial charge in [0.25, 0.3) is 5.91 Å². The van der Waals surface area contributed by atoms with Gasteiger partial charge in [-0.15, -0.1) is 5.10 Å². The first-order valence-electron chi connectivity index (χ1n) is 9.27. The maximum Gasteiger partial charge on any atom is 0.446 e. The number of hydrogen-bond donors (Lipinski definition) is 1. The fourth-order valence-electron chi connectivity index (χ4n) is 3.34. The molecule has 3 amide bonds. The normalized spacial score (nSPS) is 16.2. The van der Waals surface area contributed by atoms with Crippen molar-refractivity contribution >= 4 is 29.4 Å². The molecule has 9 nitrogen and oxygen atoms in total. The molecule has 3 aromatic rings. The zero-order valence-electron chi connectivity index (χ0n) is 16.8. The molecule has 3 heterocycles. The van der Waals surface area contributed by atoms with E-state index in [2.05, 4.69) is 25.6 Å². The van der Waals surface area contributed by atoms with Crippen molar-refractivity contribution in [1.29, 1.82) is 0 Å². The van der Waals surface area contributed by atoms with Gasteiger partial charge in [0.05, 0.1) is 5.69 Å². The number of amides is 3. The number of halogens is 3. The van der Waals surface area contributed by atoms with Gasteiger partial charge in [-0.05, 0) is 71.9 Å². The number of rotatable bonds is 5. The van der Waals surface area contributed by atoms with Crippen LogP contribution in [0.1, 0.15) is 19.4 Å². The molecule has 1 saturated heterocycles. The average Bonchev–Trinajstić information content (AvgIpc) is 3.31. The summed E-state index contributed by atoms with van der Waals surface area (Å²) in [5.74, 6) is -0.130. The van der Waals surface area contributed by atoms with Crippen LogP contribution in [0.3, 0.4) is 0 Å². The van der Waals surface area contributed by atoms with Crippen LogP contribution >= 0.6 is 11.8 Å². The van der Waals surface area contributed by atoms with Crippen molar-refractivity contribution in [3.63, 3.8) is 0 Å². The summed E-state index contributed by atoms with van der Waals surface area (Å²) in [5, 5.41) is 13.6. The number of tetrazole rings is 1. The van der Waals surface area contributed by atoms with Crippen LogP contribution in [0.2, 0.25) is 0 Å². The number of aromatic amines is 1. The van der Waals surface area contributed by atoms with E-state index in [1.165, 1.54) is 29.2 Å². The van der Waals surface area contributed by atoms with Crippen molar-refractivity contribution in [2.45, 2.75) is 36.3 Å². The Morgan fingerprint density at radius 1 is 1.12 bits per heavy atom. The second kappa shape index (κ2) is 7.89. The molecule has 4 rings (SSSR count). The Bertz CT molecular complexity index is 1150. The van der Waals surface area contributed by atoms with Crippen LogP contribution in [0.4, 0.5) is 23.7 Å². The number of imide groups is 1. The second-order valence-electron chi connectivity index (χ2n) is 7.39. The Balaban J connectivity index is 1.63. The third kappa shape index (κ3) is 4.02. The first-order valence-corrected chi connectivity index (χ1v) is 10.1. The number of nitrogens with zero attached hydrogens (tertiary/aromatic N) is 6. The molecule has 0 saturated carbocycles. The Labute approximate surface area is 184 Å². The SMILES string of the molecule is CC1(C)C(=O)N(c2ccc(SC(F)(F)F)cc2)C(=O)N1Cc1ccncc1-c1nnn[nH]1. The number of urea groups is 1. The van der Waals surface area contributed by atoms with Gasteiger partial charge in [-0.25, -0.2) is 14.8 Å². The van der Waals surface area contributed by atoms with E-state index in [1.54, 1.807) is 32.3 Å². The highest BCUT2D eigenvalue weighted by Gasteiger charge is 2.52. The van der Waals surface area contributed by atoms with E-state index in [-0.39, 0.29) is 28.9 Å². The van der Waals surface area contributed by atoms with E-state index in [9.17, 15) is 22.8 Å². The van der Waals surface area contributed by atoms with Gasteiger partial charge in [-0.1, -0.05) is 0 Å². The topological polar surface area (TPSA) is 108 Å². The molecule has 166 valence electrons. The van der Waals surface area contributed by atoms with Crippen molar-refractivity contribution in [3.8, 4) is 11.4 Å². The molecule has 1 N–H and O–H groups in total. The van der Waals surface area contributed by atoms with Gasteiger partial charge in [0.15, 0.2) is 5.82 Å². The summed E-state index contributed by atoms with van der Waals surface area (Å²) >= 11 is -0.268. The molecular weight excluding hydrogens is 447 g/mol. The van der Waals surface area contributed by atoms with Gasteiger partial charge in [-0.3, -0.25) is 9.78 Å². The molecule has 0 unspecified atom stereocenters. The number of pyridine rings is 1. The number of carbonyl (C=O) groups is 2. The lowest BCUT2D eigenvalue weighted by atomic mass is 10.0. The second-order valence-corrected chi connectivity index (χ2v) is 8.53. The first-order chi connectivity index (χ1) is 15.1. The van der Waals surface area contributed by atoms with Crippen molar-refractivity contribution in [3.05, 3.63) is 48.3 Å². The number of thioether (sulfide) groups is 1. The molecule has 13 heteroatoms. The van der Waals surface area contributed by atoms with E-state index < -0.39 is 23.0 Å². The van der Waals surface area contributed by atoms with Gasteiger partial charge in [0.1, 0.15) is 5.54 Å². The zero-order valence-corrected chi connectivity index (χ0v) is 17.6. The van der Waals surface area contributed by atoms with Crippen LogP contribution in [0, 0.1) is 0 Å². The van der Waals surface area contributed by atoms with Crippen LogP contribution in [-0.4, -0.2) is 53.5 Å². The summed E-state index contributed by atoms with van der Waals surface area (Å²) < 4.78 is 37.7. The summed E-state index contributed by atoms with van der Waals surface area (Å²) in [6.45, 7) is 3.28. The molecule has 1 fully saturated rings. The molecule has 1 aliphatic rings. The minimum Gasteiger partial charge on any atom is -0.305 e. The van der Waals surface area contributed by atoms with Crippen molar-refractivity contribution < 1.29 is 22.8 Å². The van der Waals surface area contributed by atoms with Gasteiger partial charge in [0.2, 0.25) is 0 Å². The predicted octanol–water partition coefficient (Wildman–Crippen LogP) is 3.62. The van der Waals surface area contributed by atoms with Crippen molar-refractivity contribution in [2.75, 3.05) is 4.90 Å². The maximum atomic E-state index is 13.2. The van der Waals surface area contributed by atoms with E-state index >= 15 is 0 Å². The zero-order chi connectivity index (χ0) is 23.1. The lowest BCUT2D eigenvalue weighted by Gasteiger charge is -2.28. The summed E-state index contributed by atoms with van der Waals surface area (Å²) in [4.78, 5) is 32.7. The number of alkyl halides is 3. The van der Waals surface area contributed by atoms with Crippen LogP contribution in [0.5, 0.6) is 0 Å². The van der Waals surface area contributed by atoms with E-state index in [0.29, 0.717) is 17.0 Å². The van der Waals surface area contributed by atoms with Crippen LogP contribution < -0.4 is 4.90 Å². The average molecular weight is 463 g/mol. The number of aromatic nitrogens is 5. The smallest absolute Gasteiger partial charge is 0.305 e. The maximum absolute atomic E-state index is 13.2. The predicted molar refractivity (Wildman–Crippen MR) is 108 cm³/mol. The highest BCUT2D eigenvalue weighted by molar-refractivity contribution is 8.00. The van der Waals surface area contributed by atoms with Gasteiger partial charge in [0, 0.05) is 29.4 Å². The van der Waals surface area contributed by atoms with Crippen molar-refractivity contribution in [2.24, 2.45) is 0 Å². The molecule has 0 atom stereocenters. The summed E-state index contributed by atoms with van der Waals surface area (Å²) in [7, 11) is 0. The Hall–Kier alpha value is -3.48. The number of nitrogens with one attached hydrogen (secondary N) is 1. The number of benzene rings is 1. The first kappa shape index (κ1) is 21.7. The van der Waals surface area contributed by atoms with Crippen molar-refractivity contribution in [1.82, 2.24) is 30.5 Å². The molecule has 2 aromatic heterocycles. The highest BCUT2D eigenvalue weighted by Crippen LogP contribution is 2.39. The Morgan fingerprint density at radius 2 is 1.84 bits per heavy atom. The number of hydrogen-bond acceptors (Lipinski definition) is 7. The number of anilines is 1. The molecule has 0 bridgehead atoms. The number of H-pyrrole nitrogens is 1. The van der Waals surface area contributed by atoms with Gasteiger partial charge < -0.3 is 4.90 Å². The molecule has 1 aromatic carbocycles. The van der Waals surface area contributed by atoms with Crippen LogP contribution in [0.15, 0.2) is 47.6 Å². The minimum atomic E-state index is -4.43. The third-order valence-electron chi connectivity index (χ3n) is 4.99. The van der Waals surface area contributed by atoms with E-state index in [1.807, 2.05) is 0 Å². The standard InChI is InChI=1S/C19H16F3N7O2S/c1-18(2)16(30)29(12-3-5-13(6-4-12)32-19(20,21)22)17(31)28(18)10-11-7-8-23-9-14(11)15-24-26-27-25-15/h3-9H,10H2,1-2H3,(H,24,25,26,27). The fourth-order valence-corrected chi connectivity index (χ4v) is 3.88. The molecule has 1 aliphatic heterocycles. The lowest BCUT2D eigenvalue weighted by Crippen LogP contribution is -2.43. The Morgan fingerprint density at radius 3 is 2.47 bits per heavy atom. The quantitative estimate of drug-likeness (QED) is 0.455. The summed E-state index contributed by atoms with van der Waals surface area (Å²) in [5.41, 5.74) is -4.21. The minimum absolute atomic E-state index is 0.0430. The van der Waals surface area contributed by atoms with Crippen LogP contribution in [-0.2, 0) is 11.3 Å². The molecular formula is C19H16F3N7O2S. The monoisotopic (exact) mass is 463 g/mol. The largest absolute Gasteiger partial charge is 0.446 e. The Kier molecular flexibility index (Phi) is 5.36. The fraction of sp³-hybridized carbons (Fsp3) is 0.263. The van der Waals surface area contributed by atoms with E-state index in [0.717, 1.165) is 4.90 Å². The molecule has 32 heavy (non-hydrogen) atoms.